The first-order chi connectivity index (χ1) is 7.09. The molecule has 2 N–H and O–H groups in total. The number of rotatable bonds is 5. The minimum atomic E-state index is 0.613. The molecule has 0 saturated carbocycles. The normalized spacial score (nSPS) is 10.7. The van der Waals surface area contributed by atoms with Crippen LogP contribution in [-0.2, 0) is 0 Å². The lowest BCUT2D eigenvalue weighted by Gasteiger charge is -2.09. The van der Waals surface area contributed by atoms with Gasteiger partial charge in [0.05, 0.1) is 10.5 Å². The van der Waals surface area contributed by atoms with E-state index in [1.807, 2.05) is 18.2 Å². The topological polar surface area (TPSA) is 25.8 Å². The maximum absolute atomic E-state index is 5.83. The SMILES string of the molecule is CC(C)[NH2+]CCOc1ccc(Cl)cc1Br. The second-order valence-electron chi connectivity index (χ2n) is 3.69. The Morgan fingerprint density at radius 1 is 1.47 bits per heavy atom. The Bertz CT molecular complexity index is 317. The number of quaternary nitrogens is 1. The van der Waals surface area contributed by atoms with E-state index in [9.17, 15) is 0 Å². The van der Waals surface area contributed by atoms with Crippen molar-refractivity contribution in [2.24, 2.45) is 0 Å². The van der Waals surface area contributed by atoms with Crippen molar-refractivity contribution >= 4 is 27.5 Å². The molecule has 0 radical (unpaired) electrons. The van der Waals surface area contributed by atoms with Crippen molar-refractivity contribution in [2.75, 3.05) is 13.2 Å². The highest BCUT2D eigenvalue weighted by Gasteiger charge is 2.02. The van der Waals surface area contributed by atoms with Crippen LogP contribution in [0.5, 0.6) is 5.75 Å². The van der Waals surface area contributed by atoms with E-state index >= 15 is 0 Å². The summed E-state index contributed by atoms with van der Waals surface area (Å²) >= 11 is 9.24. The van der Waals surface area contributed by atoms with E-state index in [1.54, 1.807) is 0 Å². The van der Waals surface area contributed by atoms with Gasteiger partial charge in [0.2, 0.25) is 0 Å². The number of hydrogen-bond donors (Lipinski definition) is 1. The molecule has 0 saturated heterocycles. The Hall–Kier alpha value is -0.250. The zero-order valence-corrected chi connectivity index (χ0v) is 11.3. The molecule has 1 aromatic carbocycles. The van der Waals surface area contributed by atoms with Crippen LogP contribution < -0.4 is 10.1 Å². The summed E-state index contributed by atoms with van der Waals surface area (Å²) in [6.07, 6.45) is 0. The molecule has 0 heterocycles. The Kier molecular flexibility index (Phi) is 5.43. The summed E-state index contributed by atoms with van der Waals surface area (Å²) in [5.74, 6) is 0.844. The Balaban J connectivity index is 2.37. The highest BCUT2D eigenvalue weighted by atomic mass is 79.9. The van der Waals surface area contributed by atoms with Crippen LogP contribution in [-0.4, -0.2) is 19.2 Å². The number of ether oxygens (including phenoxy) is 1. The van der Waals surface area contributed by atoms with Gasteiger partial charge in [-0.15, -0.1) is 0 Å². The van der Waals surface area contributed by atoms with Gasteiger partial charge >= 0.3 is 0 Å². The molecule has 0 fully saturated rings. The van der Waals surface area contributed by atoms with Gasteiger partial charge in [-0.2, -0.15) is 0 Å². The van der Waals surface area contributed by atoms with Crippen LogP contribution in [0, 0.1) is 0 Å². The average molecular weight is 294 g/mol. The van der Waals surface area contributed by atoms with Gasteiger partial charge < -0.3 is 10.1 Å². The maximum Gasteiger partial charge on any atom is 0.137 e. The molecule has 2 nitrogen and oxygen atoms in total. The van der Waals surface area contributed by atoms with E-state index in [-0.39, 0.29) is 0 Å². The summed E-state index contributed by atoms with van der Waals surface area (Å²) in [7, 11) is 0. The van der Waals surface area contributed by atoms with Crippen molar-refractivity contribution in [3.63, 3.8) is 0 Å². The molecule has 15 heavy (non-hydrogen) atoms. The molecule has 0 unspecified atom stereocenters. The highest BCUT2D eigenvalue weighted by molar-refractivity contribution is 9.10. The van der Waals surface area contributed by atoms with E-state index in [1.165, 1.54) is 0 Å². The van der Waals surface area contributed by atoms with Gasteiger partial charge in [-0.25, -0.2) is 0 Å². The van der Waals surface area contributed by atoms with Crippen LogP contribution in [0.15, 0.2) is 22.7 Å². The third-order valence-corrected chi connectivity index (χ3v) is 2.76. The largest absolute Gasteiger partial charge is 0.487 e. The predicted molar refractivity (Wildman–Crippen MR) is 66.6 cm³/mol. The first-order valence-corrected chi connectivity index (χ1v) is 6.18. The van der Waals surface area contributed by atoms with Crippen LogP contribution in [0.2, 0.25) is 5.02 Å². The van der Waals surface area contributed by atoms with Crippen LogP contribution in [0.4, 0.5) is 0 Å². The standard InChI is InChI=1S/C11H15BrClNO/c1-8(2)14-5-6-15-11-4-3-9(13)7-10(11)12/h3-4,7-8,14H,5-6H2,1-2H3/p+1. The van der Waals surface area contributed by atoms with Crippen molar-refractivity contribution in [3.8, 4) is 5.75 Å². The molecule has 0 aromatic heterocycles. The Morgan fingerprint density at radius 3 is 2.80 bits per heavy atom. The van der Waals surface area contributed by atoms with Crippen molar-refractivity contribution in [1.82, 2.24) is 0 Å². The first-order valence-electron chi connectivity index (χ1n) is 5.01. The van der Waals surface area contributed by atoms with E-state index in [4.69, 9.17) is 16.3 Å². The summed E-state index contributed by atoms with van der Waals surface area (Å²) in [5.41, 5.74) is 0. The quantitative estimate of drug-likeness (QED) is 0.829. The maximum atomic E-state index is 5.83. The minimum Gasteiger partial charge on any atom is -0.487 e. The highest BCUT2D eigenvalue weighted by Crippen LogP contribution is 2.27. The lowest BCUT2D eigenvalue weighted by atomic mass is 10.3. The van der Waals surface area contributed by atoms with Gasteiger partial charge in [0.1, 0.15) is 18.9 Å². The van der Waals surface area contributed by atoms with Gasteiger partial charge in [-0.05, 0) is 48.0 Å². The molecule has 0 spiro atoms. The van der Waals surface area contributed by atoms with Gasteiger partial charge in [0.25, 0.3) is 0 Å². The third-order valence-electron chi connectivity index (χ3n) is 1.91. The fraction of sp³-hybridized carbons (Fsp3) is 0.455. The molecular formula is C11H16BrClNO+. The van der Waals surface area contributed by atoms with Gasteiger partial charge in [0.15, 0.2) is 0 Å². The lowest BCUT2D eigenvalue weighted by molar-refractivity contribution is -0.683. The molecule has 0 atom stereocenters. The van der Waals surface area contributed by atoms with E-state index in [2.05, 4.69) is 35.1 Å². The smallest absolute Gasteiger partial charge is 0.137 e. The molecule has 84 valence electrons. The molecule has 1 rings (SSSR count). The molecule has 0 bridgehead atoms. The summed E-state index contributed by atoms with van der Waals surface area (Å²) < 4.78 is 6.51. The Morgan fingerprint density at radius 2 is 2.20 bits per heavy atom. The molecule has 0 aliphatic rings. The van der Waals surface area contributed by atoms with Crippen molar-refractivity contribution in [3.05, 3.63) is 27.7 Å². The summed E-state index contributed by atoms with van der Waals surface area (Å²) in [6.45, 7) is 6.00. The van der Waals surface area contributed by atoms with Crippen LogP contribution in [0.25, 0.3) is 0 Å². The summed E-state index contributed by atoms with van der Waals surface area (Å²) in [5, 5.41) is 2.95. The number of hydrogen-bond acceptors (Lipinski definition) is 1. The van der Waals surface area contributed by atoms with Gasteiger partial charge in [-0.1, -0.05) is 11.6 Å². The first kappa shape index (κ1) is 12.8. The fourth-order valence-corrected chi connectivity index (χ4v) is 1.96. The molecule has 4 heteroatoms. The van der Waals surface area contributed by atoms with E-state index in [0.717, 1.165) is 16.8 Å². The van der Waals surface area contributed by atoms with Crippen LogP contribution in [0.1, 0.15) is 13.8 Å². The monoisotopic (exact) mass is 292 g/mol. The number of nitrogens with two attached hydrogens (primary N) is 1. The zero-order chi connectivity index (χ0) is 11.3. The molecule has 1 aromatic rings. The van der Waals surface area contributed by atoms with E-state index < -0.39 is 0 Å². The van der Waals surface area contributed by atoms with E-state index in [0.29, 0.717) is 17.7 Å². The molecule has 0 aliphatic carbocycles. The van der Waals surface area contributed by atoms with Crippen molar-refractivity contribution in [1.29, 1.82) is 0 Å². The number of benzene rings is 1. The van der Waals surface area contributed by atoms with Gasteiger partial charge in [-0.3, -0.25) is 0 Å². The third kappa shape index (κ3) is 4.87. The van der Waals surface area contributed by atoms with Crippen molar-refractivity contribution < 1.29 is 10.1 Å². The van der Waals surface area contributed by atoms with Crippen LogP contribution in [0.3, 0.4) is 0 Å². The van der Waals surface area contributed by atoms with Gasteiger partial charge in [0, 0.05) is 5.02 Å². The van der Waals surface area contributed by atoms with Crippen molar-refractivity contribution in [2.45, 2.75) is 19.9 Å². The second kappa shape index (κ2) is 6.36. The second-order valence-corrected chi connectivity index (χ2v) is 4.98. The zero-order valence-electron chi connectivity index (χ0n) is 8.97. The number of halogens is 2. The summed E-state index contributed by atoms with van der Waals surface area (Å²) in [6, 6.07) is 6.15. The summed E-state index contributed by atoms with van der Waals surface area (Å²) in [4.78, 5) is 0. The molecule has 0 aliphatic heterocycles. The predicted octanol–water partition coefficient (Wildman–Crippen LogP) is 2.45. The molecule has 0 amide bonds. The average Bonchev–Trinajstić information content (AvgIpc) is 2.14. The fourth-order valence-electron chi connectivity index (χ4n) is 1.16. The van der Waals surface area contributed by atoms with Crippen LogP contribution >= 0.6 is 27.5 Å². The molecular weight excluding hydrogens is 277 g/mol. The minimum absolute atomic E-state index is 0.613. The Labute approximate surface area is 104 Å². The lowest BCUT2D eigenvalue weighted by Crippen LogP contribution is -2.89.